The molecule has 0 radical (unpaired) electrons. The van der Waals surface area contributed by atoms with Crippen molar-refractivity contribution in [2.75, 3.05) is 49.7 Å². The van der Waals surface area contributed by atoms with Crippen LogP contribution in [0.15, 0.2) is 90.2 Å². The second-order valence-electron chi connectivity index (χ2n) is 10.9. The van der Waals surface area contributed by atoms with Gasteiger partial charge in [-0.2, -0.15) is 0 Å². The number of carbonyl (C=O) groups is 1. The van der Waals surface area contributed by atoms with E-state index >= 15 is 0 Å². The molecule has 1 aliphatic rings. The van der Waals surface area contributed by atoms with Crippen molar-refractivity contribution in [2.45, 2.75) is 19.5 Å². The Balaban J connectivity index is 1.17. The zero-order chi connectivity index (χ0) is 31.7. The third-order valence-electron chi connectivity index (χ3n) is 7.61. The zero-order valence-corrected chi connectivity index (χ0v) is 25.4. The number of benzene rings is 2. The van der Waals surface area contributed by atoms with E-state index in [1.165, 1.54) is 10.6 Å². The maximum atomic E-state index is 13.1. The van der Waals surface area contributed by atoms with Crippen molar-refractivity contribution in [3.63, 3.8) is 0 Å². The van der Waals surface area contributed by atoms with E-state index < -0.39 is 5.91 Å². The van der Waals surface area contributed by atoms with Crippen molar-refractivity contribution in [1.29, 1.82) is 0 Å². The predicted octanol–water partition coefficient (Wildman–Crippen LogP) is 3.47. The zero-order valence-electron chi connectivity index (χ0n) is 25.4. The fourth-order valence-corrected chi connectivity index (χ4v) is 5.22. The summed E-state index contributed by atoms with van der Waals surface area (Å²) in [6, 6.07) is 18.8. The fourth-order valence-electron chi connectivity index (χ4n) is 5.22. The van der Waals surface area contributed by atoms with E-state index in [0.717, 1.165) is 54.2 Å². The molecule has 6 rings (SSSR count). The van der Waals surface area contributed by atoms with Gasteiger partial charge in [0.15, 0.2) is 0 Å². The molecular formula is C34H36N8O4. The number of ether oxygens (including phenoxy) is 2. The molecule has 12 heteroatoms. The SMILES string of the molecule is NCCCOc1cc(CNC(=O)c2cccn(Cc3cccnc3)c2=O)cc2cnc(Nc3ccc(N4CCOCC4)cc3)nc12. The molecule has 0 saturated carbocycles. The van der Waals surface area contributed by atoms with E-state index in [9.17, 15) is 9.59 Å². The molecule has 4 heterocycles. The number of rotatable bonds is 12. The summed E-state index contributed by atoms with van der Waals surface area (Å²) in [5.41, 5.74) is 9.67. The van der Waals surface area contributed by atoms with E-state index in [0.29, 0.717) is 43.3 Å². The highest BCUT2D eigenvalue weighted by molar-refractivity contribution is 5.94. The number of carbonyl (C=O) groups excluding carboxylic acids is 1. The molecule has 0 atom stereocenters. The number of anilines is 3. The van der Waals surface area contributed by atoms with Crippen LogP contribution in [0.3, 0.4) is 0 Å². The molecule has 0 aliphatic carbocycles. The van der Waals surface area contributed by atoms with Crippen LogP contribution in [-0.2, 0) is 17.8 Å². The van der Waals surface area contributed by atoms with Gasteiger partial charge < -0.3 is 35.3 Å². The average Bonchev–Trinajstić information content (AvgIpc) is 3.09. The Kier molecular flexibility index (Phi) is 9.76. The number of nitrogens with zero attached hydrogens (tertiary/aromatic N) is 5. The minimum atomic E-state index is -0.466. The molecule has 46 heavy (non-hydrogen) atoms. The highest BCUT2D eigenvalue weighted by Crippen LogP contribution is 2.28. The molecule has 5 aromatic rings. The summed E-state index contributed by atoms with van der Waals surface area (Å²) in [5.74, 6) is 0.525. The Morgan fingerprint density at radius 3 is 2.65 bits per heavy atom. The lowest BCUT2D eigenvalue weighted by Gasteiger charge is -2.28. The number of pyridine rings is 2. The number of aromatic nitrogens is 4. The van der Waals surface area contributed by atoms with E-state index in [2.05, 4.69) is 37.6 Å². The van der Waals surface area contributed by atoms with Gasteiger partial charge in [0.2, 0.25) is 5.95 Å². The third-order valence-corrected chi connectivity index (χ3v) is 7.61. The van der Waals surface area contributed by atoms with Crippen LogP contribution in [0, 0.1) is 0 Å². The largest absolute Gasteiger partial charge is 0.491 e. The van der Waals surface area contributed by atoms with Gasteiger partial charge in [-0.3, -0.25) is 14.6 Å². The van der Waals surface area contributed by atoms with Gasteiger partial charge in [-0.05, 0) is 78.7 Å². The van der Waals surface area contributed by atoms with Gasteiger partial charge in [0, 0.05) is 61.2 Å². The van der Waals surface area contributed by atoms with Crippen LogP contribution in [0.4, 0.5) is 17.3 Å². The maximum absolute atomic E-state index is 13.1. The van der Waals surface area contributed by atoms with Gasteiger partial charge in [-0.25, -0.2) is 9.97 Å². The summed E-state index contributed by atoms with van der Waals surface area (Å²) in [4.78, 5) is 41.9. The molecule has 1 aliphatic heterocycles. The Labute approximate surface area is 266 Å². The molecule has 0 bridgehead atoms. The van der Waals surface area contributed by atoms with Crippen molar-refractivity contribution in [2.24, 2.45) is 5.73 Å². The molecule has 1 amide bonds. The van der Waals surface area contributed by atoms with E-state index in [1.807, 2.05) is 36.4 Å². The first-order valence-corrected chi connectivity index (χ1v) is 15.3. The first-order valence-electron chi connectivity index (χ1n) is 15.3. The van der Waals surface area contributed by atoms with Crippen molar-refractivity contribution in [3.05, 3.63) is 112 Å². The summed E-state index contributed by atoms with van der Waals surface area (Å²) in [6.07, 6.45) is 7.42. The molecule has 0 spiro atoms. The Morgan fingerprint density at radius 1 is 1.02 bits per heavy atom. The van der Waals surface area contributed by atoms with Gasteiger partial charge in [0.25, 0.3) is 11.5 Å². The highest BCUT2D eigenvalue weighted by Gasteiger charge is 2.15. The molecule has 12 nitrogen and oxygen atoms in total. The smallest absolute Gasteiger partial charge is 0.263 e. The summed E-state index contributed by atoms with van der Waals surface area (Å²) in [7, 11) is 0. The summed E-state index contributed by atoms with van der Waals surface area (Å²) < 4.78 is 13.0. The number of nitrogens with one attached hydrogen (secondary N) is 2. The van der Waals surface area contributed by atoms with Gasteiger partial charge in [0.05, 0.1) is 26.4 Å². The molecule has 0 unspecified atom stereocenters. The third kappa shape index (κ3) is 7.48. The lowest BCUT2D eigenvalue weighted by atomic mass is 10.1. The van der Waals surface area contributed by atoms with Crippen molar-refractivity contribution < 1.29 is 14.3 Å². The standard InChI is InChI=1S/C34H36N8O4/c35-10-3-15-46-30-19-25(21-37-32(43)29-5-2-12-42(33(29)44)23-24-4-1-11-36-20-24)18-26-22-38-34(40-31(26)30)39-27-6-8-28(9-7-27)41-13-16-45-17-14-41/h1-2,4-9,11-12,18-20,22H,3,10,13-17,21,23,35H2,(H,37,43)(H,38,39,40). The first-order chi connectivity index (χ1) is 22.6. The minimum Gasteiger partial charge on any atom is -0.491 e. The van der Waals surface area contributed by atoms with Crippen LogP contribution in [0.25, 0.3) is 10.9 Å². The summed E-state index contributed by atoms with van der Waals surface area (Å²) >= 11 is 0. The fraction of sp³-hybridized carbons (Fsp3) is 0.265. The topological polar surface area (TPSA) is 150 Å². The van der Waals surface area contributed by atoms with Crippen molar-refractivity contribution in [3.8, 4) is 5.75 Å². The van der Waals surface area contributed by atoms with E-state index in [1.54, 1.807) is 30.9 Å². The van der Waals surface area contributed by atoms with Crippen LogP contribution < -0.4 is 31.6 Å². The summed E-state index contributed by atoms with van der Waals surface area (Å²) in [5, 5.41) is 6.91. The van der Waals surface area contributed by atoms with Gasteiger partial charge >= 0.3 is 0 Å². The molecule has 4 N–H and O–H groups in total. The number of morpholine rings is 1. The Bertz CT molecular complexity index is 1840. The van der Waals surface area contributed by atoms with Gasteiger partial charge in [-0.1, -0.05) is 6.07 Å². The normalized spacial score (nSPS) is 13.0. The number of fused-ring (bicyclic) bond motifs is 1. The van der Waals surface area contributed by atoms with E-state index in [-0.39, 0.29) is 17.7 Å². The predicted molar refractivity (Wildman–Crippen MR) is 177 cm³/mol. The van der Waals surface area contributed by atoms with Crippen LogP contribution in [0.2, 0.25) is 0 Å². The molecule has 1 saturated heterocycles. The van der Waals surface area contributed by atoms with Crippen LogP contribution in [0.1, 0.15) is 27.9 Å². The maximum Gasteiger partial charge on any atom is 0.263 e. The average molecular weight is 621 g/mol. The van der Waals surface area contributed by atoms with Gasteiger partial charge in [0.1, 0.15) is 16.8 Å². The number of hydrogen-bond donors (Lipinski definition) is 3. The molecule has 1 fully saturated rings. The second-order valence-corrected chi connectivity index (χ2v) is 10.9. The quantitative estimate of drug-likeness (QED) is 0.177. The van der Waals surface area contributed by atoms with Crippen LogP contribution in [0.5, 0.6) is 5.75 Å². The monoisotopic (exact) mass is 620 g/mol. The first kappa shape index (κ1) is 30.7. The highest BCUT2D eigenvalue weighted by atomic mass is 16.5. The van der Waals surface area contributed by atoms with Crippen LogP contribution in [-0.4, -0.2) is 64.9 Å². The molecule has 2 aromatic carbocycles. The number of hydrogen-bond acceptors (Lipinski definition) is 10. The Hall–Kier alpha value is -5.33. The van der Waals surface area contributed by atoms with Gasteiger partial charge in [-0.15, -0.1) is 0 Å². The molecular weight excluding hydrogens is 584 g/mol. The lowest BCUT2D eigenvalue weighted by Crippen LogP contribution is -2.36. The second kappa shape index (κ2) is 14.6. The summed E-state index contributed by atoms with van der Waals surface area (Å²) in [6.45, 7) is 4.61. The van der Waals surface area contributed by atoms with Crippen molar-refractivity contribution >= 4 is 34.1 Å². The molecule has 3 aromatic heterocycles. The van der Waals surface area contributed by atoms with E-state index in [4.69, 9.17) is 20.2 Å². The lowest BCUT2D eigenvalue weighted by molar-refractivity contribution is 0.0948. The van der Waals surface area contributed by atoms with Crippen LogP contribution >= 0.6 is 0 Å². The Morgan fingerprint density at radius 2 is 1.87 bits per heavy atom. The number of amides is 1. The molecule has 236 valence electrons. The minimum absolute atomic E-state index is 0.0589. The number of nitrogens with two attached hydrogens (primary N) is 1. The van der Waals surface area contributed by atoms with Crippen molar-refractivity contribution in [1.82, 2.24) is 24.8 Å².